The van der Waals surface area contributed by atoms with Gasteiger partial charge in [0.25, 0.3) is 5.69 Å². The molecule has 2 heterocycles. The Labute approximate surface area is 117 Å². The topological polar surface area (TPSA) is 63.5 Å². The third-order valence-electron chi connectivity index (χ3n) is 4.10. The third kappa shape index (κ3) is 2.05. The molecule has 0 aliphatic carbocycles. The second kappa shape index (κ2) is 4.44. The van der Waals surface area contributed by atoms with Gasteiger partial charge in [0.2, 0.25) is 0 Å². The maximum atomic E-state index is 12.7. The first-order valence-electron chi connectivity index (χ1n) is 6.48. The molecular weight excluding hydrogens is 289 g/mol. The molecule has 0 aromatic heterocycles. The summed E-state index contributed by atoms with van der Waals surface area (Å²) in [6.45, 7) is 0. The predicted molar refractivity (Wildman–Crippen MR) is 65.3 cm³/mol. The molecule has 1 aromatic rings. The Morgan fingerprint density at radius 2 is 1.86 bits per heavy atom. The quantitative estimate of drug-likeness (QED) is 0.590. The van der Waals surface area contributed by atoms with E-state index in [2.05, 4.69) is 0 Å². The number of fused-ring (bicyclic) bond motifs is 5. The molecule has 2 atom stereocenters. The van der Waals surface area contributed by atoms with E-state index in [1.165, 1.54) is 18.2 Å². The summed E-state index contributed by atoms with van der Waals surface area (Å²) in [5, 5.41) is 10.8. The average Bonchev–Trinajstić information content (AvgIpc) is 2.60. The van der Waals surface area contributed by atoms with E-state index >= 15 is 0 Å². The largest absolute Gasteiger partial charge is 0.471 e. The van der Waals surface area contributed by atoms with Crippen LogP contribution in [-0.4, -0.2) is 21.9 Å². The number of nitro benzene ring substituents is 1. The average molecular weight is 300 g/mol. The Balaban J connectivity index is 2.06. The van der Waals surface area contributed by atoms with Gasteiger partial charge in [-0.15, -0.1) is 0 Å². The van der Waals surface area contributed by atoms with Crippen molar-refractivity contribution in [2.75, 3.05) is 0 Å². The van der Waals surface area contributed by atoms with Crippen LogP contribution in [-0.2, 0) is 4.79 Å². The SMILES string of the molecule is O=C(N1C2CCCC1c1cc([N+](=O)[O-])ccc12)C(F)(F)F. The summed E-state index contributed by atoms with van der Waals surface area (Å²) in [6.07, 6.45) is -3.39. The smallest absolute Gasteiger partial charge is 0.321 e. The summed E-state index contributed by atoms with van der Waals surface area (Å²) in [4.78, 5) is 22.7. The van der Waals surface area contributed by atoms with Crippen molar-refractivity contribution in [2.45, 2.75) is 37.5 Å². The normalized spacial score (nSPS) is 23.9. The zero-order valence-electron chi connectivity index (χ0n) is 10.8. The van der Waals surface area contributed by atoms with Gasteiger partial charge in [0.15, 0.2) is 0 Å². The monoisotopic (exact) mass is 300 g/mol. The molecule has 2 aliphatic rings. The van der Waals surface area contributed by atoms with Crippen LogP contribution in [0.4, 0.5) is 18.9 Å². The van der Waals surface area contributed by atoms with Crippen LogP contribution >= 0.6 is 0 Å². The second-order valence-electron chi connectivity index (χ2n) is 5.24. The van der Waals surface area contributed by atoms with E-state index in [0.717, 1.165) is 4.90 Å². The number of nitrogens with zero attached hydrogens (tertiary/aromatic N) is 2. The first kappa shape index (κ1) is 13.8. The van der Waals surface area contributed by atoms with Gasteiger partial charge in [-0.05, 0) is 36.5 Å². The Bertz CT molecular complexity index is 630. The van der Waals surface area contributed by atoms with Gasteiger partial charge in [-0.2, -0.15) is 13.2 Å². The molecule has 0 saturated carbocycles. The Morgan fingerprint density at radius 3 is 2.43 bits per heavy atom. The highest BCUT2D eigenvalue weighted by atomic mass is 19.4. The number of carbonyl (C=O) groups excluding carboxylic acids is 1. The van der Waals surface area contributed by atoms with Crippen molar-refractivity contribution in [3.8, 4) is 0 Å². The number of halogens is 3. The fourth-order valence-corrected chi connectivity index (χ4v) is 3.31. The summed E-state index contributed by atoms with van der Waals surface area (Å²) >= 11 is 0. The van der Waals surface area contributed by atoms with Crippen LogP contribution in [0.3, 0.4) is 0 Å². The minimum Gasteiger partial charge on any atom is -0.321 e. The molecule has 21 heavy (non-hydrogen) atoms. The van der Waals surface area contributed by atoms with Crippen molar-refractivity contribution in [1.82, 2.24) is 4.90 Å². The van der Waals surface area contributed by atoms with E-state index in [9.17, 15) is 28.1 Å². The Morgan fingerprint density at radius 1 is 1.24 bits per heavy atom. The van der Waals surface area contributed by atoms with Crippen molar-refractivity contribution in [2.24, 2.45) is 0 Å². The molecule has 0 spiro atoms. The highest BCUT2D eigenvalue weighted by Gasteiger charge is 2.52. The van der Waals surface area contributed by atoms with E-state index in [-0.39, 0.29) is 5.69 Å². The molecular formula is C13H11F3N2O3. The molecule has 3 rings (SSSR count). The van der Waals surface area contributed by atoms with E-state index in [0.29, 0.717) is 30.4 Å². The van der Waals surface area contributed by atoms with Crippen LogP contribution < -0.4 is 0 Å². The van der Waals surface area contributed by atoms with E-state index in [1.54, 1.807) is 0 Å². The van der Waals surface area contributed by atoms with Gasteiger partial charge in [-0.1, -0.05) is 0 Å². The molecule has 1 amide bonds. The minimum absolute atomic E-state index is 0.166. The molecule has 1 saturated heterocycles. The van der Waals surface area contributed by atoms with E-state index in [4.69, 9.17) is 0 Å². The molecule has 5 nitrogen and oxygen atoms in total. The number of benzene rings is 1. The molecule has 2 unspecified atom stereocenters. The lowest BCUT2D eigenvalue weighted by Gasteiger charge is -2.35. The first-order valence-corrected chi connectivity index (χ1v) is 6.48. The molecule has 8 heteroatoms. The van der Waals surface area contributed by atoms with Crippen molar-refractivity contribution in [3.05, 3.63) is 39.4 Å². The first-order chi connectivity index (χ1) is 9.80. The fourth-order valence-electron chi connectivity index (χ4n) is 3.31. The number of nitro groups is 1. The lowest BCUT2D eigenvalue weighted by molar-refractivity contribution is -0.384. The van der Waals surface area contributed by atoms with Gasteiger partial charge in [0, 0.05) is 12.1 Å². The molecule has 112 valence electrons. The summed E-state index contributed by atoms with van der Waals surface area (Å²) < 4.78 is 38.2. The van der Waals surface area contributed by atoms with Gasteiger partial charge in [-0.3, -0.25) is 14.9 Å². The maximum absolute atomic E-state index is 12.7. The second-order valence-corrected chi connectivity index (χ2v) is 5.24. The van der Waals surface area contributed by atoms with Crippen LogP contribution in [0.15, 0.2) is 18.2 Å². The molecule has 0 radical (unpaired) electrons. The number of hydrogen-bond donors (Lipinski definition) is 0. The van der Waals surface area contributed by atoms with Gasteiger partial charge in [0.05, 0.1) is 17.0 Å². The molecule has 1 fully saturated rings. The number of non-ortho nitro benzene ring substituents is 1. The van der Waals surface area contributed by atoms with Crippen LogP contribution in [0.5, 0.6) is 0 Å². The number of hydrogen-bond acceptors (Lipinski definition) is 3. The molecule has 1 aromatic carbocycles. The van der Waals surface area contributed by atoms with E-state index in [1.807, 2.05) is 0 Å². The zero-order chi connectivity index (χ0) is 15.4. The van der Waals surface area contributed by atoms with Crippen LogP contribution in [0.1, 0.15) is 42.5 Å². The van der Waals surface area contributed by atoms with Gasteiger partial charge >= 0.3 is 12.1 Å². The Hall–Kier alpha value is -2.12. The number of piperidine rings is 1. The number of alkyl halides is 3. The number of carbonyl (C=O) groups is 1. The summed E-state index contributed by atoms with van der Waals surface area (Å²) in [7, 11) is 0. The highest BCUT2D eigenvalue weighted by molar-refractivity contribution is 5.84. The zero-order valence-corrected chi connectivity index (χ0v) is 10.8. The van der Waals surface area contributed by atoms with Crippen molar-refractivity contribution >= 4 is 11.6 Å². The predicted octanol–water partition coefficient (Wildman–Crippen LogP) is 3.27. The van der Waals surface area contributed by atoms with Crippen molar-refractivity contribution in [1.29, 1.82) is 0 Å². The van der Waals surface area contributed by atoms with Crippen LogP contribution in [0.25, 0.3) is 0 Å². The third-order valence-corrected chi connectivity index (χ3v) is 4.10. The summed E-state index contributed by atoms with van der Waals surface area (Å²) in [5.41, 5.74) is 0.908. The summed E-state index contributed by atoms with van der Waals surface area (Å²) in [5.74, 6) is -1.86. The van der Waals surface area contributed by atoms with E-state index < -0.39 is 29.1 Å². The fraction of sp³-hybridized carbons (Fsp3) is 0.462. The number of amides is 1. The molecule has 2 aliphatic heterocycles. The van der Waals surface area contributed by atoms with Crippen molar-refractivity contribution in [3.63, 3.8) is 0 Å². The highest BCUT2D eigenvalue weighted by Crippen LogP contribution is 2.52. The molecule has 2 bridgehead atoms. The van der Waals surface area contributed by atoms with Gasteiger partial charge in [0.1, 0.15) is 0 Å². The summed E-state index contributed by atoms with van der Waals surface area (Å²) in [6, 6.07) is 2.69. The molecule has 0 N–H and O–H groups in total. The lowest BCUT2D eigenvalue weighted by atomic mass is 10.0. The van der Waals surface area contributed by atoms with Gasteiger partial charge in [-0.25, -0.2) is 0 Å². The maximum Gasteiger partial charge on any atom is 0.471 e. The van der Waals surface area contributed by atoms with Gasteiger partial charge < -0.3 is 4.90 Å². The standard InChI is InChI=1S/C13H11F3N2O3/c14-13(15,16)12(19)17-10-2-1-3-11(17)9-6-7(18(20)21)4-5-8(9)10/h4-6,10-11H,1-3H2. The van der Waals surface area contributed by atoms with Crippen LogP contribution in [0.2, 0.25) is 0 Å². The van der Waals surface area contributed by atoms with Crippen LogP contribution in [0, 0.1) is 10.1 Å². The Kier molecular flexibility index (Phi) is 2.93. The number of rotatable bonds is 1. The van der Waals surface area contributed by atoms with Crippen molar-refractivity contribution < 1.29 is 22.9 Å². The minimum atomic E-state index is -4.93. The lowest BCUT2D eigenvalue weighted by Crippen LogP contribution is -2.43.